The summed E-state index contributed by atoms with van der Waals surface area (Å²) in [6.07, 6.45) is 0. The van der Waals surface area contributed by atoms with Crippen molar-refractivity contribution in [2.75, 3.05) is 12.3 Å². The first-order chi connectivity index (χ1) is 6.74. The Labute approximate surface area is 83.7 Å². The van der Waals surface area contributed by atoms with Gasteiger partial charge in [0.15, 0.2) is 11.6 Å². The van der Waals surface area contributed by atoms with Crippen LogP contribution < -0.4 is 0 Å². The maximum Gasteiger partial charge on any atom is 0.159 e. The molecule has 0 aliphatic carbocycles. The van der Waals surface area contributed by atoms with E-state index in [1.54, 1.807) is 0 Å². The molecule has 3 nitrogen and oxygen atoms in total. The minimum atomic E-state index is -0.862. The number of nitrogens with zero attached hydrogens (tertiary/aromatic N) is 3. The number of rotatable bonds is 4. The van der Waals surface area contributed by atoms with Gasteiger partial charge < -0.3 is 0 Å². The highest BCUT2D eigenvalue weighted by molar-refractivity contribution is 7.99. The molecule has 0 unspecified atom stereocenters. The Kier molecular flexibility index (Phi) is 4.22. The van der Waals surface area contributed by atoms with Crippen molar-refractivity contribution in [2.45, 2.75) is 4.90 Å². The second-order valence-electron chi connectivity index (χ2n) is 2.38. The molecule has 0 radical (unpaired) electrons. The van der Waals surface area contributed by atoms with Gasteiger partial charge in [-0.2, -0.15) is 0 Å². The molecule has 0 aliphatic heterocycles. The number of hydrogen-bond donors (Lipinski definition) is 0. The van der Waals surface area contributed by atoms with Crippen LogP contribution in [0.2, 0.25) is 0 Å². The fourth-order valence-corrected chi connectivity index (χ4v) is 1.58. The molecule has 0 N–H and O–H groups in total. The largest absolute Gasteiger partial charge is 0.204 e. The highest BCUT2D eigenvalue weighted by Crippen LogP contribution is 2.19. The van der Waals surface area contributed by atoms with Crippen LogP contribution >= 0.6 is 11.8 Å². The fraction of sp³-hybridized carbons (Fsp3) is 0.250. The summed E-state index contributed by atoms with van der Waals surface area (Å²) in [6.45, 7) is 0.333. The van der Waals surface area contributed by atoms with Crippen LogP contribution in [0.1, 0.15) is 0 Å². The van der Waals surface area contributed by atoms with Gasteiger partial charge in [0.2, 0.25) is 0 Å². The van der Waals surface area contributed by atoms with E-state index < -0.39 is 11.6 Å². The lowest BCUT2D eigenvalue weighted by Crippen LogP contribution is -1.86. The average Bonchev–Trinajstić information content (AvgIpc) is 2.18. The van der Waals surface area contributed by atoms with E-state index in [1.807, 2.05) is 0 Å². The predicted octanol–water partition coefficient (Wildman–Crippen LogP) is 3.37. The third-order valence-corrected chi connectivity index (χ3v) is 2.39. The average molecular weight is 215 g/mol. The van der Waals surface area contributed by atoms with Crippen LogP contribution in [0.3, 0.4) is 0 Å². The van der Waals surface area contributed by atoms with Crippen LogP contribution in [0.25, 0.3) is 10.4 Å². The number of benzene rings is 1. The molecule has 6 heteroatoms. The summed E-state index contributed by atoms with van der Waals surface area (Å²) in [5.41, 5.74) is 7.98. The van der Waals surface area contributed by atoms with E-state index in [4.69, 9.17) is 5.53 Å². The highest BCUT2D eigenvalue weighted by atomic mass is 32.2. The molecular weight excluding hydrogens is 208 g/mol. The van der Waals surface area contributed by atoms with E-state index in [-0.39, 0.29) is 0 Å². The van der Waals surface area contributed by atoms with E-state index in [2.05, 4.69) is 10.0 Å². The monoisotopic (exact) mass is 215 g/mol. The molecular formula is C8H7F2N3S. The van der Waals surface area contributed by atoms with Crippen molar-refractivity contribution in [1.82, 2.24) is 0 Å². The normalized spacial score (nSPS) is 9.57. The van der Waals surface area contributed by atoms with Crippen molar-refractivity contribution in [3.63, 3.8) is 0 Å². The van der Waals surface area contributed by atoms with Crippen LogP contribution in [-0.4, -0.2) is 12.3 Å². The van der Waals surface area contributed by atoms with E-state index in [1.165, 1.54) is 17.8 Å². The Morgan fingerprint density at radius 2 is 2.14 bits per heavy atom. The van der Waals surface area contributed by atoms with Gasteiger partial charge in [-0.3, -0.25) is 0 Å². The number of azide groups is 1. The van der Waals surface area contributed by atoms with Crippen LogP contribution in [0, 0.1) is 11.6 Å². The first-order valence-electron chi connectivity index (χ1n) is 3.83. The first kappa shape index (κ1) is 10.8. The maximum atomic E-state index is 12.7. The minimum absolute atomic E-state index is 0.333. The maximum absolute atomic E-state index is 12.7. The molecule has 0 amide bonds. The number of hydrogen-bond acceptors (Lipinski definition) is 2. The van der Waals surface area contributed by atoms with E-state index in [0.717, 1.165) is 12.1 Å². The molecule has 0 spiro atoms. The van der Waals surface area contributed by atoms with Crippen molar-refractivity contribution in [3.05, 3.63) is 40.3 Å². The highest BCUT2D eigenvalue weighted by Gasteiger charge is 2.01. The lowest BCUT2D eigenvalue weighted by Gasteiger charge is -1.99. The summed E-state index contributed by atoms with van der Waals surface area (Å²) in [4.78, 5) is 3.20. The van der Waals surface area contributed by atoms with Gasteiger partial charge >= 0.3 is 0 Å². The van der Waals surface area contributed by atoms with Crippen molar-refractivity contribution in [2.24, 2.45) is 5.11 Å². The summed E-state index contributed by atoms with van der Waals surface area (Å²) in [6, 6.07) is 3.68. The molecule has 0 heterocycles. The predicted molar refractivity (Wildman–Crippen MR) is 51.1 cm³/mol. The second-order valence-corrected chi connectivity index (χ2v) is 3.55. The molecule has 0 saturated heterocycles. The van der Waals surface area contributed by atoms with Gasteiger partial charge in [-0.1, -0.05) is 5.11 Å². The van der Waals surface area contributed by atoms with Crippen molar-refractivity contribution in [3.8, 4) is 0 Å². The zero-order valence-electron chi connectivity index (χ0n) is 7.15. The molecule has 14 heavy (non-hydrogen) atoms. The zero-order valence-corrected chi connectivity index (χ0v) is 7.97. The van der Waals surface area contributed by atoms with Gasteiger partial charge in [0.1, 0.15) is 0 Å². The van der Waals surface area contributed by atoms with Crippen LogP contribution in [0.5, 0.6) is 0 Å². The number of halogens is 2. The molecule has 1 rings (SSSR count). The van der Waals surface area contributed by atoms with Gasteiger partial charge in [0.05, 0.1) is 0 Å². The summed E-state index contributed by atoms with van der Waals surface area (Å²) in [7, 11) is 0. The standard InChI is InChI=1S/C8H7F2N3S/c9-7-2-1-6(5-8(7)10)14-4-3-12-13-11/h1-2,5H,3-4H2. The Bertz CT molecular complexity index is 364. The van der Waals surface area contributed by atoms with Crippen molar-refractivity contribution < 1.29 is 8.78 Å². The minimum Gasteiger partial charge on any atom is -0.204 e. The molecule has 0 aromatic heterocycles. The van der Waals surface area contributed by atoms with Gasteiger partial charge in [-0.25, -0.2) is 8.78 Å². The summed E-state index contributed by atoms with van der Waals surface area (Å²) in [5, 5.41) is 3.32. The lowest BCUT2D eigenvalue weighted by molar-refractivity contribution is 0.506. The Morgan fingerprint density at radius 1 is 1.36 bits per heavy atom. The lowest BCUT2D eigenvalue weighted by atomic mass is 10.3. The van der Waals surface area contributed by atoms with Crippen LogP contribution in [-0.2, 0) is 0 Å². The zero-order chi connectivity index (χ0) is 10.4. The number of thioether (sulfide) groups is 1. The van der Waals surface area contributed by atoms with Gasteiger partial charge in [0.25, 0.3) is 0 Å². The quantitative estimate of drug-likeness (QED) is 0.250. The molecule has 0 aliphatic rings. The molecule has 74 valence electrons. The Morgan fingerprint density at radius 3 is 2.79 bits per heavy atom. The van der Waals surface area contributed by atoms with Gasteiger partial charge in [0, 0.05) is 22.1 Å². The molecule has 1 aromatic carbocycles. The molecule has 0 saturated carbocycles. The summed E-state index contributed by atoms with van der Waals surface area (Å²) in [5.74, 6) is -1.17. The Balaban J connectivity index is 2.51. The van der Waals surface area contributed by atoms with E-state index in [0.29, 0.717) is 17.2 Å². The van der Waals surface area contributed by atoms with Crippen LogP contribution in [0.4, 0.5) is 8.78 Å². The third kappa shape index (κ3) is 3.24. The van der Waals surface area contributed by atoms with Gasteiger partial charge in [-0.15, -0.1) is 11.8 Å². The summed E-state index contributed by atoms with van der Waals surface area (Å²) < 4.78 is 25.2. The molecule has 0 fully saturated rings. The fourth-order valence-electron chi connectivity index (χ4n) is 0.816. The smallest absolute Gasteiger partial charge is 0.159 e. The van der Waals surface area contributed by atoms with Crippen molar-refractivity contribution >= 4 is 11.8 Å². The summed E-state index contributed by atoms with van der Waals surface area (Å²) >= 11 is 1.31. The van der Waals surface area contributed by atoms with Crippen molar-refractivity contribution in [1.29, 1.82) is 0 Å². The molecule has 0 bridgehead atoms. The third-order valence-electron chi connectivity index (χ3n) is 1.41. The Hall–Kier alpha value is -1.26. The van der Waals surface area contributed by atoms with E-state index >= 15 is 0 Å². The van der Waals surface area contributed by atoms with Crippen LogP contribution in [0.15, 0.2) is 28.2 Å². The second kappa shape index (κ2) is 5.47. The molecule has 1 aromatic rings. The SMILES string of the molecule is [N-]=[N+]=NCCSc1ccc(F)c(F)c1. The first-order valence-corrected chi connectivity index (χ1v) is 4.81. The topological polar surface area (TPSA) is 48.8 Å². The molecule has 0 atom stereocenters. The van der Waals surface area contributed by atoms with Gasteiger partial charge in [-0.05, 0) is 23.7 Å². The van der Waals surface area contributed by atoms with E-state index in [9.17, 15) is 8.78 Å².